The Morgan fingerprint density at radius 2 is 2.00 bits per heavy atom. The lowest BCUT2D eigenvalue weighted by Crippen LogP contribution is -2.12. The van der Waals surface area contributed by atoms with Crippen molar-refractivity contribution >= 4 is 6.29 Å². The van der Waals surface area contributed by atoms with Crippen LogP contribution in [0.5, 0.6) is 0 Å². The number of benzene rings is 1. The van der Waals surface area contributed by atoms with Crippen LogP contribution in [0.25, 0.3) is 0 Å². The lowest BCUT2D eigenvalue weighted by atomic mass is 9.97. The zero-order chi connectivity index (χ0) is 12.3. The predicted octanol–water partition coefficient (Wildman–Crippen LogP) is 3.22. The van der Waals surface area contributed by atoms with E-state index in [0.29, 0.717) is 12.4 Å². The molecule has 1 atom stereocenters. The second-order valence-electron chi connectivity index (χ2n) is 3.62. The summed E-state index contributed by atoms with van der Waals surface area (Å²) in [6.45, 7) is 1.51. The Hall–Kier alpha value is -1.39. The number of carbonyl (C=O) groups is 1. The molecule has 0 spiro atoms. The molecule has 0 saturated heterocycles. The summed E-state index contributed by atoms with van der Waals surface area (Å²) in [6, 6.07) is 2.48. The van der Waals surface area contributed by atoms with Crippen molar-refractivity contribution in [1.82, 2.24) is 0 Å². The van der Waals surface area contributed by atoms with Gasteiger partial charge in [-0.15, -0.1) is 0 Å². The van der Waals surface area contributed by atoms with Gasteiger partial charge in [0.05, 0.1) is 5.56 Å². The minimum absolute atomic E-state index is 0.0430. The molecule has 0 bridgehead atoms. The Morgan fingerprint density at radius 3 is 2.50 bits per heavy atom. The number of rotatable bonds is 3. The number of hydrogen-bond donors (Lipinski definition) is 0. The minimum Gasteiger partial charge on any atom is -0.303 e. The Balaban J connectivity index is 3.13. The second kappa shape index (κ2) is 4.63. The molecule has 1 nitrogen and oxygen atoms in total. The van der Waals surface area contributed by atoms with Crippen LogP contribution in [0, 0.1) is 11.7 Å². The largest absolute Gasteiger partial charge is 0.416 e. The summed E-state index contributed by atoms with van der Waals surface area (Å²) < 4.78 is 50.3. The van der Waals surface area contributed by atoms with Gasteiger partial charge in [-0.1, -0.05) is 13.0 Å². The maximum atomic E-state index is 12.7. The summed E-state index contributed by atoms with van der Waals surface area (Å²) in [5.41, 5.74) is -1.07. The van der Waals surface area contributed by atoms with Gasteiger partial charge < -0.3 is 4.79 Å². The Bertz CT molecular complexity index is 384. The van der Waals surface area contributed by atoms with Crippen molar-refractivity contribution in [1.29, 1.82) is 0 Å². The van der Waals surface area contributed by atoms with Gasteiger partial charge in [0.2, 0.25) is 0 Å². The van der Waals surface area contributed by atoms with Crippen LogP contribution < -0.4 is 0 Å². The molecule has 0 aliphatic carbocycles. The number of hydrogen-bond acceptors (Lipinski definition) is 1. The molecule has 1 aromatic carbocycles. The van der Waals surface area contributed by atoms with Crippen LogP contribution in [-0.2, 0) is 17.4 Å². The van der Waals surface area contributed by atoms with E-state index in [4.69, 9.17) is 0 Å². The van der Waals surface area contributed by atoms with Crippen LogP contribution in [0.1, 0.15) is 18.1 Å². The molecule has 0 heterocycles. The molecule has 1 unspecified atom stereocenters. The quantitative estimate of drug-likeness (QED) is 0.579. The monoisotopic (exact) mass is 234 g/mol. The summed E-state index contributed by atoms with van der Waals surface area (Å²) in [5.74, 6) is -1.46. The molecule has 0 aliphatic rings. The lowest BCUT2D eigenvalue weighted by molar-refractivity contribution is -0.138. The van der Waals surface area contributed by atoms with Crippen LogP contribution in [0.4, 0.5) is 17.6 Å². The molecule has 0 fully saturated rings. The van der Waals surface area contributed by atoms with Gasteiger partial charge in [0.25, 0.3) is 0 Å². The molecule has 0 radical (unpaired) electrons. The Labute approximate surface area is 90.1 Å². The van der Waals surface area contributed by atoms with E-state index in [0.717, 1.165) is 12.1 Å². The van der Waals surface area contributed by atoms with Gasteiger partial charge >= 0.3 is 6.18 Å². The van der Waals surface area contributed by atoms with Crippen LogP contribution in [0.15, 0.2) is 18.2 Å². The maximum Gasteiger partial charge on any atom is 0.416 e. The van der Waals surface area contributed by atoms with E-state index >= 15 is 0 Å². The number of aldehydes is 1. The highest BCUT2D eigenvalue weighted by molar-refractivity contribution is 5.54. The molecule has 1 aromatic rings. The number of carbonyl (C=O) groups excluding carboxylic acids is 1. The van der Waals surface area contributed by atoms with Crippen molar-refractivity contribution in [2.24, 2.45) is 5.92 Å². The molecule has 1 rings (SSSR count). The topological polar surface area (TPSA) is 17.1 Å². The van der Waals surface area contributed by atoms with Crippen LogP contribution in [0.2, 0.25) is 0 Å². The van der Waals surface area contributed by atoms with Crippen molar-refractivity contribution in [2.75, 3.05) is 0 Å². The van der Waals surface area contributed by atoms with Gasteiger partial charge in [0, 0.05) is 5.92 Å². The smallest absolute Gasteiger partial charge is 0.303 e. The van der Waals surface area contributed by atoms with Crippen molar-refractivity contribution in [3.05, 3.63) is 35.1 Å². The summed E-state index contributed by atoms with van der Waals surface area (Å²) in [5, 5.41) is 0. The first-order valence-electron chi connectivity index (χ1n) is 4.65. The first-order chi connectivity index (χ1) is 7.34. The van der Waals surface area contributed by atoms with Crippen molar-refractivity contribution in [2.45, 2.75) is 19.5 Å². The zero-order valence-electron chi connectivity index (χ0n) is 8.51. The number of halogens is 4. The van der Waals surface area contributed by atoms with Crippen LogP contribution in [0.3, 0.4) is 0 Å². The fraction of sp³-hybridized carbons (Fsp3) is 0.364. The molecule has 16 heavy (non-hydrogen) atoms. The van der Waals surface area contributed by atoms with Crippen molar-refractivity contribution in [3.63, 3.8) is 0 Å². The van der Waals surface area contributed by atoms with Gasteiger partial charge in [-0.2, -0.15) is 13.2 Å². The molecule has 88 valence electrons. The van der Waals surface area contributed by atoms with Crippen LogP contribution in [-0.4, -0.2) is 6.29 Å². The van der Waals surface area contributed by atoms with E-state index in [1.54, 1.807) is 0 Å². The first-order valence-corrected chi connectivity index (χ1v) is 4.65. The van der Waals surface area contributed by atoms with Gasteiger partial charge in [-0.25, -0.2) is 4.39 Å². The maximum absolute atomic E-state index is 12.7. The third-order valence-electron chi connectivity index (χ3n) is 2.15. The Kier molecular flexibility index (Phi) is 3.67. The zero-order valence-corrected chi connectivity index (χ0v) is 8.51. The number of alkyl halides is 3. The van der Waals surface area contributed by atoms with Crippen molar-refractivity contribution < 1.29 is 22.4 Å². The summed E-state index contributed by atoms with van der Waals surface area (Å²) >= 11 is 0. The predicted molar refractivity (Wildman–Crippen MR) is 50.3 cm³/mol. The summed E-state index contributed by atoms with van der Waals surface area (Å²) in [6.07, 6.45) is -4.07. The second-order valence-corrected chi connectivity index (χ2v) is 3.62. The Morgan fingerprint density at radius 1 is 1.38 bits per heavy atom. The van der Waals surface area contributed by atoms with E-state index in [1.807, 2.05) is 0 Å². The first kappa shape index (κ1) is 12.7. The minimum atomic E-state index is -4.60. The highest BCUT2D eigenvalue weighted by Gasteiger charge is 2.33. The van der Waals surface area contributed by atoms with E-state index in [-0.39, 0.29) is 12.0 Å². The highest BCUT2D eigenvalue weighted by Crippen LogP contribution is 2.33. The molecule has 0 N–H and O–H groups in total. The SMILES string of the molecule is CC(C=O)Cc1ccc(F)cc1C(F)(F)F. The normalized spacial score (nSPS) is 13.6. The fourth-order valence-corrected chi connectivity index (χ4v) is 1.39. The van der Waals surface area contributed by atoms with Crippen molar-refractivity contribution in [3.8, 4) is 0 Å². The molecule has 0 aliphatic heterocycles. The van der Waals surface area contributed by atoms with E-state index < -0.39 is 23.5 Å². The molecule has 0 amide bonds. The molecular formula is C11H10F4O. The van der Waals surface area contributed by atoms with Gasteiger partial charge in [-0.05, 0) is 24.1 Å². The van der Waals surface area contributed by atoms with Crippen LogP contribution >= 0.6 is 0 Å². The third-order valence-corrected chi connectivity index (χ3v) is 2.15. The average Bonchev–Trinajstić information content (AvgIpc) is 2.19. The fourth-order valence-electron chi connectivity index (χ4n) is 1.39. The average molecular weight is 234 g/mol. The highest BCUT2D eigenvalue weighted by atomic mass is 19.4. The van der Waals surface area contributed by atoms with Gasteiger partial charge in [0.1, 0.15) is 12.1 Å². The molecule has 0 saturated carbocycles. The summed E-state index contributed by atoms with van der Waals surface area (Å²) in [4.78, 5) is 10.4. The molecule has 0 aromatic heterocycles. The van der Waals surface area contributed by atoms with E-state index in [9.17, 15) is 22.4 Å². The molecule has 5 heteroatoms. The molecular weight excluding hydrogens is 224 g/mol. The van der Waals surface area contributed by atoms with Gasteiger partial charge in [-0.3, -0.25) is 0 Å². The summed E-state index contributed by atoms with van der Waals surface area (Å²) in [7, 11) is 0. The standard InChI is InChI=1S/C11H10F4O/c1-7(6-16)4-8-2-3-9(12)5-10(8)11(13,14)15/h2-3,5-7H,4H2,1H3. The lowest BCUT2D eigenvalue weighted by Gasteiger charge is -2.13. The van der Waals surface area contributed by atoms with E-state index in [1.165, 1.54) is 6.92 Å². The van der Waals surface area contributed by atoms with Gasteiger partial charge in [0.15, 0.2) is 0 Å². The van der Waals surface area contributed by atoms with E-state index in [2.05, 4.69) is 0 Å². The third kappa shape index (κ3) is 3.05.